The molecular weight excluding hydrogens is 226 g/mol. The number of nitrogens with zero attached hydrogens (tertiary/aromatic N) is 2. The van der Waals surface area contributed by atoms with E-state index < -0.39 is 0 Å². The molecule has 0 aromatic carbocycles. The molecule has 4 nitrogen and oxygen atoms in total. The minimum Gasteiger partial charge on any atom is -0.468 e. The van der Waals surface area contributed by atoms with Gasteiger partial charge in [0, 0.05) is 32.2 Å². The van der Waals surface area contributed by atoms with E-state index in [1.807, 2.05) is 13.1 Å². The van der Waals surface area contributed by atoms with Crippen LogP contribution in [0.1, 0.15) is 12.7 Å². The van der Waals surface area contributed by atoms with Crippen LogP contribution in [0, 0.1) is 5.92 Å². The Morgan fingerprint density at radius 3 is 2.89 bits per heavy atom. The van der Waals surface area contributed by atoms with E-state index in [9.17, 15) is 0 Å². The molecule has 1 saturated heterocycles. The molecular formula is C14H25N3O. The minimum absolute atomic E-state index is 0.579. The SMILES string of the molecule is CNCC1CN(Cc2ccco2)CC(C)CN1C. The van der Waals surface area contributed by atoms with Gasteiger partial charge in [-0.05, 0) is 32.1 Å². The average molecular weight is 251 g/mol. The molecule has 1 aliphatic rings. The largest absolute Gasteiger partial charge is 0.468 e. The van der Waals surface area contributed by atoms with E-state index in [-0.39, 0.29) is 0 Å². The van der Waals surface area contributed by atoms with Gasteiger partial charge in [0.05, 0.1) is 12.8 Å². The molecule has 0 bridgehead atoms. The van der Waals surface area contributed by atoms with Crippen LogP contribution in [0.4, 0.5) is 0 Å². The number of hydrogen-bond acceptors (Lipinski definition) is 4. The zero-order chi connectivity index (χ0) is 13.0. The van der Waals surface area contributed by atoms with E-state index in [0.717, 1.165) is 31.9 Å². The van der Waals surface area contributed by atoms with Crippen molar-refractivity contribution < 1.29 is 4.42 Å². The standard InChI is InChI=1S/C14H25N3O/c1-12-8-16(3)13(7-15-2)10-17(9-12)11-14-5-4-6-18-14/h4-6,12-13,15H,7-11H2,1-3H3. The average Bonchev–Trinajstić information content (AvgIpc) is 2.76. The van der Waals surface area contributed by atoms with Gasteiger partial charge in [-0.2, -0.15) is 0 Å². The Kier molecular flexibility index (Phi) is 4.80. The Hall–Kier alpha value is -0.840. The van der Waals surface area contributed by atoms with Crippen molar-refractivity contribution in [2.75, 3.05) is 40.3 Å². The first-order chi connectivity index (χ1) is 8.69. The van der Waals surface area contributed by atoms with Gasteiger partial charge in [-0.15, -0.1) is 0 Å². The molecule has 2 rings (SSSR count). The van der Waals surface area contributed by atoms with Crippen molar-refractivity contribution in [3.63, 3.8) is 0 Å². The number of nitrogens with one attached hydrogen (secondary N) is 1. The van der Waals surface area contributed by atoms with Crippen LogP contribution in [0.2, 0.25) is 0 Å². The Morgan fingerprint density at radius 2 is 2.22 bits per heavy atom. The quantitative estimate of drug-likeness (QED) is 0.873. The highest BCUT2D eigenvalue weighted by molar-refractivity contribution is 4.98. The fourth-order valence-electron chi connectivity index (χ4n) is 2.86. The predicted molar refractivity (Wildman–Crippen MR) is 73.5 cm³/mol. The minimum atomic E-state index is 0.579. The van der Waals surface area contributed by atoms with E-state index in [2.05, 4.69) is 35.2 Å². The van der Waals surface area contributed by atoms with Gasteiger partial charge in [0.1, 0.15) is 5.76 Å². The molecule has 0 amide bonds. The van der Waals surface area contributed by atoms with E-state index in [4.69, 9.17) is 4.42 Å². The van der Waals surface area contributed by atoms with Crippen LogP contribution in [0.5, 0.6) is 0 Å². The maximum Gasteiger partial charge on any atom is 0.117 e. The van der Waals surface area contributed by atoms with Crippen molar-refractivity contribution in [3.8, 4) is 0 Å². The zero-order valence-electron chi connectivity index (χ0n) is 11.7. The van der Waals surface area contributed by atoms with Crippen LogP contribution in [-0.4, -0.2) is 56.1 Å². The number of hydrogen-bond donors (Lipinski definition) is 1. The lowest BCUT2D eigenvalue weighted by Crippen LogP contribution is -2.44. The first kappa shape index (κ1) is 13.6. The summed E-state index contributed by atoms with van der Waals surface area (Å²) in [6.07, 6.45) is 1.76. The van der Waals surface area contributed by atoms with Crippen LogP contribution in [0.25, 0.3) is 0 Å². The fraction of sp³-hybridized carbons (Fsp3) is 0.714. The number of furan rings is 1. The first-order valence-corrected chi connectivity index (χ1v) is 6.78. The van der Waals surface area contributed by atoms with Crippen molar-refractivity contribution in [1.29, 1.82) is 0 Å². The van der Waals surface area contributed by atoms with Crippen LogP contribution < -0.4 is 5.32 Å². The molecule has 18 heavy (non-hydrogen) atoms. The lowest BCUT2D eigenvalue weighted by atomic mass is 10.1. The highest BCUT2D eigenvalue weighted by Gasteiger charge is 2.25. The normalized spacial score (nSPS) is 27.3. The maximum atomic E-state index is 5.46. The molecule has 2 atom stereocenters. The van der Waals surface area contributed by atoms with Crippen molar-refractivity contribution in [3.05, 3.63) is 24.2 Å². The van der Waals surface area contributed by atoms with E-state index in [1.54, 1.807) is 6.26 Å². The second kappa shape index (κ2) is 6.36. The third kappa shape index (κ3) is 3.57. The molecule has 1 aromatic rings. The van der Waals surface area contributed by atoms with Crippen molar-refractivity contribution in [2.45, 2.75) is 19.5 Å². The van der Waals surface area contributed by atoms with E-state index >= 15 is 0 Å². The van der Waals surface area contributed by atoms with Gasteiger partial charge < -0.3 is 14.6 Å². The van der Waals surface area contributed by atoms with Crippen LogP contribution in [0.15, 0.2) is 22.8 Å². The van der Waals surface area contributed by atoms with Gasteiger partial charge >= 0.3 is 0 Å². The van der Waals surface area contributed by atoms with Gasteiger partial charge in [-0.25, -0.2) is 0 Å². The van der Waals surface area contributed by atoms with Crippen molar-refractivity contribution in [1.82, 2.24) is 15.1 Å². The molecule has 1 aliphatic heterocycles. The zero-order valence-corrected chi connectivity index (χ0v) is 11.7. The van der Waals surface area contributed by atoms with Gasteiger partial charge in [-0.1, -0.05) is 6.92 Å². The molecule has 0 radical (unpaired) electrons. The van der Waals surface area contributed by atoms with Gasteiger partial charge in [0.25, 0.3) is 0 Å². The van der Waals surface area contributed by atoms with Gasteiger partial charge in [-0.3, -0.25) is 4.90 Å². The summed E-state index contributed by atoms with van der Waals surface area (Å²) in [6, 6.07) is 4.61. The summed E-state index contributed by atoms with van der Waals surface area (Å²) in [5, 5.41) is 3.30. The lowest BCUT2D eigenvalue weighted by molar-refractivity contribution is 0.192. The molecule has 2 unspecified atom stereocenters. The highest BCUT2D eigenvalue weighted by Crippen LogP contribution is 2.15. The van der Waals surface area contributed by atoms with Gasteiger partial charge in [0.2, 0.25) is 0 Å². The molecule has 1 fully saturated rings. The monoisotopic (exact) mass is 251 g/mol. The topological polar surface area (TPSA) is 31.6 Å². The van der Waals surface area contributed by atoms with Crippen molar-refractivity contribution in [2.24, 2.45) is 5.92 Å². The summed E-state index contributed by atoms with van der Waals surface area (Å²) >= 11 is 0. The second-order valence-electron chi connectivity index (χ2n) is 5.53. The summed E-state index contributed by atoms with van der Waals surface area (Å²) < 4.78 is 5.46. The lowest BCUT2D eigenvalue weighted by Gasteiger charge is -2.28. The number of likely N-dealkylation sites (N-methyl/N-ethyl adjacent to an activating group) is 2. The third-order valence-electron chi connectivity index (χ3n) is 3.66. The smallest absolute Gasteiger partial charge is 0.117 e. The summed E-state index contributed by atoms with van der Waals surface area (Å²) in [5.41, 5.74) is 0. The summed E-state index contributed by atoms with van der Waals surface area (Å²) in [4.78, 5) is 4.98. The van der Waals surface area contributed by atoms with Crippen LogP contribution in [0.3, 0.4) is 0 Å². The molecule has 2 heterocycles. The molecule has 102 valence electrons. The molecule has 0 spiro atoms. The highest BCUT2D eigenvalue weighted by atomic mass is 16.3. The fourth-order valence-corrected chi connectivity index (χ4v) is 2.86. The second-order valence-corrected chi connectivity index (χ2v) is 5.53. The molecule has 1 aromatic heterocycles. The Labute approximate surface area is 110 Å². The third-order valence-corrected chi connectivity index (χ3v) is 3.66. The summed E-state index contributed by atoms with van der Waals surface area (Å²) in [6.45, 7) is 7.70. The summed E-state index contributed by atoms with van der Waals surface area (Å²) in [5.74, 6) is 1.77. The maximum absolute atomic E-state index is 5.46. The number of rotatable bonds is 4. The first-order valence-electron chi connectivity index (χ1n) is 6.78. The Morgan fingerprint density at radius 1 is 1.39 bits per heavy atom. The van der Waals surface area contributed by atoms with Crippen LogP contribution >= 0.6 is 0 Å². The molecule has 4 heteroatoms. The van der Waals surface area contributed by atoms with Crippen LogP contribution in [-0.2, 0) is 6.54 Å². The van der Waals surface area contributed by atoms with Gasteiger partial charge in [0.15, 0.2) is 0 Å². The summed E-state index contributed by atoms with van der Waals surface area (Å²) in [7, 11) is 4.26. The Bertz CT molecular complexity index is 339. The van der Waals surface area contributed by atoms with E-state index in [1.165, 1.54) is 6.54 Å². The molecule has 0 aliphatic carbocycles. The van der Waals surface area contributed by atoms with E-state index in [0.29, 0.717) is 12.0 Å². The predicted octanol–water partition coefficient (Wildman–Crippen LogP) is 1.25. The molecule has 0 saturated carbocycles. The van der Waals surface area contributed by atoms with Crippen molar-refractivity contribution >= 4 is 0 Å². The Balaban J connectivity index is 2.00. The molecule has 1 N–H and O–H groups in total.